The van der Waals surface area contributed by atoms with Gasteiger partial charge in [-0.3, -0.25) is 4.79 Å². The van der Waals surface area contributed by atoms with Crippen LogP contribution in [0.25, 0.3) is 0 Å². The van der Waals surface area contributed by atoms with Crippen molar-refractivity contribution in [1.82, 2.24) is 0 Å². The zero-order valence-corrected chi connectivity index (χ0v) is 16.5. The average Bonchev–Trinajstić information content (AvgIpc) is 2.67. The van der Waals surface area contributed by atoms with E-state index in [0.717, 1.165) is 23.4 Å². The summed E-state index contributed by atoms with van der Waals surface area (Å²) < 4.78 is 5.44. The molecule has 3 N–H and O–H groups in total. The van der Waals surface area contributed by atoms with Gasteiger partial charge in [-0.05, 0) is 49.9 Å². The lowest BCUT2D eigenvalue weighted by molar-refractivity contribution is -0.709. The van der Waals surface area contributed by atoms with Gasteiger partial charge < -0.3 is 15.4 Å². The van der Waals surface area contributed by atoms with Gasteiger partial charge in [0.2, 0.25) is 0 Å². The summed E-state index contributed by atoms with van der Waals surface area (Å²) in [5.41, 5.74) is 3.19. The number of carbonyl (C=O) groups is 1. The van der Waals surface area contributed by atoms with Gasteiger partial charge in [0.15, 0.2) is 6.04 Å². The molecule has 2 aromatic carbocycles. The molecule has 0 bridgehead atoms. The van der Waals surface area contributed by atoms with E-state index in [4.69, 9.17) is 4.74 Å². The maximum atomic E-state index is 12.7. The van der Waals surface area contributed by atoms with Crippen molar-refractivity contribution in [1.29, 1.82) is 0 Å². The minimum absolute atomic E-state index is 0.0162. The second-order valence-electron chi connectivity index (χ2n) is 6.90. The number of methoxy groups -OCH3 is 1. The first-order valence-electron chi connectivity index (χ1n) is 9.35. The molecule has 3 atom stereocenters. The van der Waals surface area contributed by atoms with Gasteiger partial charge in [-0.25, -0.2) is 0 Å². The van der Waals surface area contributed by atoms with Crippen LogP contribution >= 0.6 is 0 Å². The molecule has 0 heterocycles. The van der Waals surface area contributed by atoms with Crippen molar-refractivity contribution in [2.75, 3.05) is 12.4 Å². The van der Waals surface area contributed by atoms with E-state index >= 15 is 0 Å². The fourth-order valence-electron chi connectivity index (χ4n) is 3.17. The molecule has 0 unspecified atom stereocenters. The molecule has 4 nitrogen and oxygen atoms in total. The number of nitrogens with two attached hydrogens (primary N) is 1. The second-order valence-corrected chi connectivity index (χ2v) is 6.90. The van der Waals surface area contributed by atoms with E-state index in [0.29, 0.717) is 5.92 Å². The van der Waals surface area contributed by atoms with Crippen molar-refractivity contribution >= 4 is 11.6 Å². The van der Waals surface area contributed by atoms with Crippen LogP contribution in [0, 0.1) is 0 Å². The summed E-state index contributed by atoms with van der Waals surface area (Å²) in [5.74, 6) is 1.28. The molecular weight excluding hydrogens is 324 g/mol. The van der Waals surface area contributed by atoms with Crippen LogP contribution in [0.15, 0.2) is 48.5 Å². The van der Waals surface area contributed by atoms with E-state index in [-0.39, 0.29) is 18.0 Å². The minimum Gasteiger partial charge on any atom is -0.496 e. The number of benzene rings is 2. The number of para-hydroxylation sites is 2. The zero-order valence-electron chi connectivity index (χ0n) is 16.5. The Bertz CT molecular complexity index is 730. The van der Waals surface area contributed by atoms with Crippen LogP contribution in [0.3, 0.4) is 0 Å². The monoisotopic (exact) mass is 355 g/mol. The summed E-state index contributed by atoms with van der Waals surface area (Å²) in [6.07, 6.45) is 1.04. The van der Waals surface area contributed by atoms with Gasteiger partial charge in [0.05, 0.1) is 12.7 Å². The van der Waals surface area contributed by atoms with Crippen molar-refractivity contribution < 1.29 is 14.8 Å². The van der Waals surface area contributed by atoms with Gasteiger partial charge in [0.1, 0.15) is 11.8 Å². The summed E-state index contributed by atoms with van der Waals surface area (Å²) in [4.78, 5) is 12.7. The Kier molecular flexibility index (Phi) is 7.22. The van der Waals surface area contributed by atoms with Crippen molar-refractivity contribution in [3.63, 3.8) is 0 Å². The lowest BCUT2D eigenvalue weighted by atomic mass is 9.97. The average molecular weight is 356 g/mol. The first-order chi connectivity index (χ1) is 12.5. The normalized spacial score (nSPS) is 14.3. The number of anilines is 1. The third-order valence-corrected chi connectivity index (χ3v) is 4.98. The fraction of sp³-hybridized carbons (Fsp3) is 0.409. The van der Waals surface area contributed by atoms with Crippen molar-refractivity contribution in [3.8, 4) is 5.75 Å². The van der Waals surface area contributed by atoms with Crippen LogP contribution in [0.4, 0.5) is 5.69 Å². The summed E-state index contributed by atoms with van der Waals surface area (Å²) in [6.45, 7) is 8.38. The zero-order chi connectivity index (χ0) is 19.1. The number of nitrogens with one attached hydrogen (secondary N) is 1. The largest absolute Gasteiger partial charge is 0.496 e. The predicted molar refractivity (Wildman–Crippen MR) is 107 cm³/mol. The van der Waals surface area contributed by atoms with E-state index in [1.807, 2.05) is 49.4 Å². The number of hydrogen-bond donors (Lipinski definition) is 2. The van der Waals surface area contributed by atoms with Crippen LogP contribution in [0.5, 0.6) is 5.75 Å². The molecule has 2 rings (SSSR count). The van der Waals surface area contributed by atoms with Gasteiger partial charge in [-0.15, -0.1) is 0 Å². The lowest BCUT2D eigenvalue weighted by Gasteiger charge is -2.20. The highest BCUT2D eigenvalue weighted by Crippen LogP contribution is 2.26. The molecule has 0 radical (unpaired) electrons. The van der Waals surface area contributed by atoms with Crippen molar-refractivity contribution in [3.05, 3.63) is 59.7 Å². The maximum absolute atomic E-state index is 12.7. The third-order valence-electron chi connectivity index (χ3n) is 4.98. The van der Waals surface area contributed by atoms with Gasteiger partial charge in [0, 0.05) is 5.69 Å². The molecule has 140 valence electrons. The molecule has 0 aliphatic carbocycles. The number of hydrogen-bond acceptors (Lipinski definition) is 2. The SMILES string of the molecule is CC[C@@H](C)c1ccccc1NC(=O)[C@H](C)[NH2+][C@@H](C)c1ccccc1OC. The van der Waals surface area contributed by atoms with Gasteiger partial charge in [-0.1, -0.05) is 44.2 Å². The Balaban J connectivity index is 2.06. The van der Waals surface area contributed by atoms with E-state index in [2.05, 4.69) is 37.5 Å². The summed E-state index contributed by atoms with van der Waals surface area (Å²) in [5, 5.41) is 5.18. The predicted octanol–water partition coefficient (Wildman–Crippen LogP) is 3.86. The number of carbonyl (C=O) groups excluding carboxylic acids is 1. The minimum atomic E-state index is -0.208. The Labute approximate surface area is 157 Å². The molecular formula is C22H31N2O2+. The number of ether oxygens (including phenoxy) is 1. The first kappa shape index (κ1) is 20.0. The van der Waals surface area contributed by atoms with E-state index in [1.54, 1.807) is 7.11 Å². The van der Waals surface area contributed by atoms with Crippen LogP contribution in [0.2, 0.25) is 0 Å². The Morgan fingerprint density at radius 1 is 1.04 bits per heavy atom. The number of rotatable bonds is 8. The van der Waals surface area contributed by atoms with Crippen LogP contribution in [-0.2, 0) is 4.79 Å². The third kappa shape index (κ3) is 4.85. The molecule has 26 heavy (non-hydrogen) atoms. The molecule has 0 saturated carbocycles. The van der Waals surface area contributed by atoms with Crippen molar-refractivity contribution in [2.24, 2.45) is 0 Å². The van der Waals surface area contributed by atoms with E-state index in [9.17, 15) is 4.79 Å². The second kappa shape index (κ2) is 9.39. The molecule has 0 aliphatic rings. The molecule has 4 heteroatoms. The quantitative estimate of drug-likeness (QED) is 0.755. The van der Waals surface area contributed by atoms with E-state index < -0.39 is 0 Å². The Morgan fingerprint density at radius 2 is 1.65 bits per heavy atom. The van der Waals surface area contributed by atoms with Crippen LogP contribution in [0.1, 0.15) is 57.2 Å². The van der Waals surface area contributed by atoms with Crippen LogP contribution < -0.4 is 15.4 Å². The number of quaternary nitrogens is 1. The smallest absolute Gasteiger partial charge is 0.282 e. The molecule has 0 saturated heterocycles. The van der Waals surface area contributed by atoms with Gasteiger partial charge >= 0.3 is 0 Å². The van der Waals surface area contributed by atoms with Crippen molar-refractivity contribution in [2.45, 2.75) is 52.1 Å². The molecule has 0 aliphatic heterocycles. The molecule has 0 spiro atoms. The summed E-state index contributed by atoms with van der Waals surface area (Å²) in [7, 11) is 1.67. The highest BCUT2D eigenvalue weighted by Gasteiger charge is 2.23. The standard InChI is InChI=1S/C22H30N2O2/c1-6-15(2)18-11-7-9-13-20(18)24-22(25)17(4)23-16(3)19-12-8-10-14-21(19)26-5/h7-17,23H,6H2,1-5H3,(H,24,25)/p+1/t15-,16+,17+/m1/s1. The maximum Gasteiger partial charge on any atom is 0.282 e. The van der Waals surface area contributed by atoms with Gasteiger partial charge in [0.25, 0.3) is 5.91 Å². The first-order valence-corrected chi connectivity index (χ1v) is 9.35. The Morgan fingerprint density at radius 3 is 2.31 bits per heavy atom. The summed E-state index contributed by atoms with van der Waals surface area (Å²) in [6, 6.07) is 15.9. The molecule has 0 fully saturated rings. The fourth-order valence-corrected chi connectivity index (χ4v) is 3.17. The van der Waals surface area contributed by atoms with Gasteiger partial charge in [-0.2, -0.15) is 0 Å². The Hall–Kier alpha value is -2.33. The number of amides is 1. The molecule has 1 amide bonds. The topological polar surface area (TPSA) is 54.9 Å². The lowest BCUT2D eigenvalue weighted by Crippen LogP contribution is -2.91. The highest BCUT2D eigenvalue weighted by molar-refractivity contribution is 5.94. The highest BCUT2D eigenvalue weighted by atomic mass is 16.5. The molecule has 0 aromatic heterocycles. The summed E-state index contributed by atoms with van der Waals surface area (Å²) >= 11 is 0. The van der Waals surface area contributed by atoms with Crippen LogP contribution in [-0.4, -0.2) is 19.1 Å². The van der Waals surface area contributed by atoms with E-state index in [1.165, 1.54) is 5.56 Å². The molecule has 2 aromatic rings.